The van der Waals surface area contributed by atoms with Gasteiger partial charge in [-0.15, -0.1) is 0 Å². The maximum absolute atomic E-state index is 11.8. The van der Waals surface area contributed by atoms with Crippen LogP contribution in [0.4, 0.5) is 0 Å². The highest BCUT2D eigenvalue weighted by atomic mass is 16.7. The molecule has 1 rings (SSSR count). The highest BCUT2D eigenvalue weighted by molar-refractivity contribution is 5.85. The summed E-state index contributed by atoms with van der Waals surface area (Å²) in [7, 11) is 0. The molecule has 0 aliphatic carbocycles. The molecule has 0 saturated carbocycles. The van der Waals surface area contributed by atoms with Crippen molar-refractivity contribution < 1.29 is 29.1 Å². The van der Waals surface area contributed by atoms with Gasteiger partial charge in [0.25, 0.3) is 5.91 Å². The number of hydroxylamine groups is 1. The summed E-state index contributed by atoms with van der Waals surface area (Å²) in [4.78, 5) is 40.9. The van der Waals surface area contributed by atoms with Gasteiger partial charge < -0.3 is 14.7 Å². The van der Waals surface area contributed by atoms with Crippen LogP contribution in [0, 0.1) is 0 Å². The molecule has 0 bridgehead atoms. The summed E-state index contributed by atoms with van der Waals surface area (Å²) in [5, 5.41) is 8.62. The predicted octanol–water partition coefficient (Wildman–Crippen LogP) is 4.54. The van der Waals surface area contributed by atoms with E-state index in [0.717, 1.165) is 28.4 Å². The number of aliphatic carboxylic acids is 1. The third kappa shape index (κ3) is 17.4. The lowest BCUT2D eigenvalue weighted by atomic mass is 10.2. The first-order valence-corrected chi connectivity index (χ1v) is 12.3. The van der Waals surface area contributed by atoms with Gasteiger partial charge in [0.1, 0.15) is 0 Å². The molecule has 204 valence electrons. The Kier molecular flexibility index (Phi) is 16.1. The molecule has 0 aromatic rings. The minimum absolute atomic E-state index is 0.159. The topological polar surface area (TPSA) is 105 Å². The van der Waals surface area contributed by atoms with Gasteiger partial charge in [0, 0.05) is 25.2 Å². The first-order valence-electron chi connectivity index (χ1n) is 12.3. The van der Waals surface area contributed by atoms with E-state index in [1.54, 1.807) is 12.2 Å². The summed E-state index contributed by atoms with van der Waals surface area (Å²) in [6.45, 7) is 10.3. The maximum Gasteiger partial charge on any atom is 0.355 e. The number of allylic oxidation sites excluding steroid dienone is 16. The van der Waals surface area contributed by atoms with Crippen molar-refractivity contribution >= 4 is 17.8 Å². The highest BCUT2D eigenvalue weighted by Crippen LogP contribution is 2.02. The fourth-order valence-electron chi connectivity index (χ4n) is 2.88. The van der Waals surface area contributed by atoms with Crippen LogP contribution in [-0.2, 0) is 24.0 Å². The van der Waals surface area contributed by atoms with Crippen molar-refractivity contribution in [3.8, 4) is 0 Å². The summed E-state index contributed by atoms with van der Waals surface area (Å²) in [6, 6.07) is 0. The van der Waals surface area contributed by atoms with Crippen molar-refractivity contribution in [3.63, 3.8) is 0 Å². The number of carbonyl (C=O) groups excluding carboxylic acids is 2. The number of carbonyl (C=O) groups is 3. The number of ether oxygens (including phenoxy) is 1. The molecule has 0 radical (unpaired) electrons. The molecule has 0 unspecified atom stereocenters. The van der Waals surface area contributed by atoms with Crippen LogP contribution >= 0.6 is 0 Å². The lowest BCUT2D eigenvalue weighted by molar-refractivity contribution is -0.154. The fraction of sp³-hybridized carbons (Fsp3) is 0.300. The van der Waals surface area contributed by atoms with Crippen LogP contribution < -0.4 is 5.48 Å². The van der Waals surface area contributed by atoms with Gasteiger partial charge in [-0.2, -0.15) is 5.48 Å². The fourth-order valence-corrected chi connectivity index (χ4v) is 2.88. The average Bonchev–Trinajstić information content (AvgIpc) is 2.88. The molecule has 8 nitrogen and oxygen atoms in total. The largest absolute Gasteiger partial charge is 0.478 e. The Morgan fingerprint density at radius 1 is 0.737 bits per heavy atom. The molecule has 0 aromatic carbocycles. The number of nitrogens with one attached hydrogen (secondary N) is 1. The number of carboxylic acid groups (broad SMARTS) is 1. The van der Waals surface area contributed by atoms with Crippen molar-refractivity contribution in [2.24, 2.45) is 0 Å². The normalized spacial score (nSPS) is 16.9. The third-order valence-electron chi connectivity index (χ3n) is 4.97. The summed E-state index contributed by atoms with van der Waals surface area (Å²) >= 11 is 0. The number of nitrogens with zero attached hydrogens (tertiary/aromatic N) is 1. The van der Waals surface area contributed by atoms with Crippen LogP contribution in [0.5, 0.6) is 0 Å². The molecule has 1 heterocycles. The molecule has 8 heteroatoms. The zero-order valence-corrected chi connectivity index (χ0v) is 22.6. The van der Waals surface area contributed by atoms with Gasteiger partial charge in [-0.25, -0.2) is 9.59 Å². The maximum atomic E-state index is 11.8. The Morgan fingerprint density at radius 2 is 1.21 bits per heavy atom. The van der Waals surface area contributed by atoms with E-state index in [-0.39, 0.29) is 12.5 Å². The van der Waals surface area contributed by atoms with E-state index < -0.39 is 11.9 Å². The lowest BCUT2D eigenvalue weighted by Crippen LogP contribution is -2.43. The minimum atomic E-state index is -0.968. The summed E-state index contributed by atoms with van der Waals surface area (Å²) in [5.41, 5.74) is 5.95. The number of amides is 1. The molecule has 2 N–H and O–H groups in total. The minimum Gasteiger partial charge on any atom is -0.478 e. The highest BCUT2D eigenvalue weighted by Gasteiger charge is 2.14. The quantitative estimate of drug-likeness (QED) is 0.220. The third-order valence-corrected chi connectivity index (χ3v) is 4.97. The summed E-state index contributed by atoms with van der Waals surface area (Å²) in [5.74, 6) is -2.00. The van der Waals surface area contributed by atoms with Crippen LogP contribution in [0.3, 0.4) is 0 Å². The van der Waals surface area contributed by atoms with E-state index in [9.17, 15) is 14.4 Å². The van der Waals surface area contributed by atoms with E-state index >= 15 is 0 Å². The molecule has 1 fully saturated rings. The van der Waals surface area contributed by atoms with Gasteiger partial charge >= 0.3 is 11.9 Å². The molecule has 1 aliphatic rings. The van der Waals surface area contributed by atoms with E-state index in [0.29, 0.717) is 26.3 Å². The smallest absolute Gasteiger partial charge is 0.355 e. The second-order valence-corrected chi connectivity index (χ2v) is 8.59. The van der Waals surface area contributed by atoms with Crippen LogP contribution in [0.2, 0.25) is 0 Å². The van der Waals surface area contributed by atoms with Crippen molar-refractivity contribution in [1.82, 2.24) is 10.4 Å². The van der Waals surface area contributed by atoms with E-state index in [1.807, 2.05) is 93.4 Å². The summed E-state index contributed by atoms with van der Waals surface area (Å²) in [6.07, 6.45) is 24.7. The zero-order valence-electron chi connectivity index (χ0n) is 22.6. The predicted molar refractivity (Wildman–Crippen MR) is 150 cm³/mol. The van der Waals surface area contributed by atoms with E-state index in [4.69, 9.17) is 14.7 Å². The van der Waals surface area contributed by atoms with E-state index in [1.165, 1.54) is 6.08 Å². The molecule has 0 atom stereocenters. The average molecular weight is 523 g/mol. The zero-order chi connectivity index (χ0) is 28.2. The van der Waals surface area contributed by atoms with Crippen molar-refractivity contribution in [2.45, 2.75) is 27.7 Å². The second kappa shape index (κ2) is 19.1. The molecule has 0 aromatic heterocycles. The first kappa shape index (κ1) is 32.0. The Labute approximate surface area is 225 Å². The molecular weight excluding hydrogens is 484 g/mol. The van der Waals surface area contributed by atoms with Gasteiger partial charge in [-0.3, -0.25) is 9.69 Å². The van der Waals surface area contributed by atoms with Gasteiger partial charge in [-0.05, 0) is 27.7 Å². The number of carboxylic acids is 1. The monoisotopic (exact) mass is 522 g/mol. The molecular formula is C30H38N2O6. The molecule has 0 spiro atoms. The molecule has 38 heavy (non-hydrogen) atoms. The Hall–Kier alpha value is -4.01. The van der Waals surface area contributed by atoms with E-state index in [2.05, 4.69) is 5.48 Å². The lowest BCUT2D eigenvalue weighted by Gasteiger charge is -2.25. The number of rotatable bonds is 12. The standard InChI is InChI=1S/C30H38N2O6/c1-24(11-7-13-26(3)15-17-29(34)35)9-5-6-10-25(2)12-8-14-27(4)16-18-30(36)38-31-28(33)23-32-19-21-37-22-20-32/h5-18H,19-23H2,1-4H3,(H,31,33)(H,34,35)/b6-5+,11-7+,12-8+,17-15+,18-16+,24-9+,25-10+,26-13-,27-14+. The van der Waals surface area contributed by atoms with Crippen LogP contribution in [-0.4, -0.2) is 60.7 Å². The van der Waals surface area contributed by atoms with Gasteiger partial charge in [0.15, 0.2) is 0 Å². The number of hydrogen-bond donors (Lipinski definition) is 2. The second-order valence-electron chi connectivity index (χ2n) is 8.59. The first-order chi connectivity index (χ1) is 18.2. The number of hydrogen-bond acceptors (Lipinski definition) is 6. The molecule has 1 amide bonds. The van der Waals surface area contributed by atoms with Crippen molar-refractivity contribution in [2.75, 3.05) is 32.8 Å². The van der Waals surface area contributed by atoms with Crippen LogP contribution in [0.1, 0.15) is 27.7 Å². The van der Waals surface area contributed by atoms with Crippen LogP contribution in [0.25, 0.3) is 0 Å². The summed E-state index contributed by atoms with van der Waals surface area (Å²) < 4.78 is 5.23. The Balaban J connectivity index is 2.42. The van der Waals surface area contributed by atoms with Gasteiger partial charge in [0.05, 0.1) is 19.8 Å². The Morgan fingerprint density at radius 3 is 1.74 bits per heavy atom. The molecule has 1 aliphatic heterocycles. The van der Waals surface area contributed by atoms with Crippen molar-refractivity contribution in [3.05, 3.63) is 107 Å². The number of morpholine rings is 1. The SMILES string of the molecule is CC(=C/C=C/C(C)=C/C=C/C=C(C)/C=C/C=C(C)/C=C/C(=O)ONC(=O)CN1CCOCC1)/C=C/C(=O)O. The van der Waals surface area contributed by atoms with Gasteiger partial charge in [0.2, 0.25) is 0 Å². The molecule has 1 saturated heterocycles. The van der Waals surface area contributed by atoms with Crippen LogP contribution in [0.15, 0.2) is 107 Å². The van der Waals surface area contributed by atoms with Crippen molar-refractivity contribution in [1.29, 1.82) is 0 Å². The Bertz CT molecular complexity index is 1080. The van der Waals surface area contributed by atoms with Gasteiger partial charge in [-0.1, -0.05) is 95.2 Å².